The van der Waals surface area contributed by atoms with Gasteiger partial charge >= 0.3 is 6.03 Å². The molecule has 4 amide bonds. The van der Waals surface area contributed by atoms with Crippen molar-refractivity contribution >= 4 is 51.2 Å². The molecule has 0 radical (unpaired) electrons. The minimum absolute atomic E-state index is 0.131. The number of hydrogen-bond acceptors (Lipinski definition) is 5. The number of hydrogen-bond donors (Lipinski definition) is 1. The number of amides is 4. The van der Waals surface area contributed by atoms with Crippen LogP contribution in [0.2, 0.25) is 0 Å². The molecule has 1 heterocycles. The lowest BCUT2D eigenvalue weighted by molar-refractivity contribution is -0.385. The number of rotatable bonds is 3. The van der Waals surface area contributed by atoms with Crippen LogP contribution in [0.5, 0.6) is 0 Å². The Morgan fingerprint density at radius 3 is 2.41 bits per heavy atom. The van der Waals surface area contributed by atoms with E-state index in [9.17, 15) is 24.5 Å². The minimum Gasteiger partial charge on any atom is -0.273 e. The molecule has 0 aromatic heterocycles. The molecule has 0 aliphatic carbocycles. The maximum atomic E-state index is 12.8. The fourth-order valence-corrected chi connectivity index (χ4v) is 2.83. The summed E-state index contributed by atoms with van der Waals surface area (Å²) in [5.41, 5.74) is 0.614. The first-order valence-electron chi connectivity index (χ1n) is 7.70. The second-order valence-corrected chi connectivity index (χ2v) is 6.65. The van der Waals surface area contributed by atoms with Crippen LogP contribution in [0, 0.1) is 17.0 Å². The SMILES string of the molecule is Cc1ccc(/C=C2\C(=O)NC(=O)N(c3ccc(Br)cc3)C2=O)cc1[N+](=O)[O-]. The maximum Gasteiger partial charge on any atom is 0.335 e. The summed E-state index contributed by atoms with van der Waals surface area (Å²) in [6.45, 7) is 1.58. The Morgan fingerprint density at radius 2 is 1.78 bits per heavy atom. The van der Waals surface area contributed by atoms with Crippen LogP contribution in [0.1, 0.15) is 11.1 Å². The topological polar surface area (TPSA) is 110 Å². The van der Waals surface area contributed by atoms with Crippen LogP contribution < -0.4 is 10.2 Å². The second kappa shape index (κ2) is 7.12. The van der Waals surface area contributed by atoms with E-state index >= 15 is 0 Å². The van der Waals surface area contributed by atoms with Gasteiger partial charge in [0.15, 0.2) is 0 Å². The van der Waals surface area contributed by atoms with Crippen LogP contribution >= 0.6 is 15.9 Å². The molecule has 27 heavy (non-hydrogen) atoms. The average Bonchev–Trinajstić information content (AvgIpc) is 2.61. The predicted octanol–water partition coefficient (Wildman–Crippen LogP) is 3.33. The molecule has 0 saturated carbocycles. The van der Waals surface area contributed by atoms with Crippen molar-refractivity contribution in [1.82, 2.24) is 5.32 Å². The summed E-state index contributed by atoms with van der Waals surface area (Å²) in [6, 6.07) is 9.88. The van der Waals surface area contributed by atoms with Crippen molar-refractivity contribution in [3.63, 3.8) is 0 Å². The number of carbonyl (C=O) groups is 3. The zero-order chi connectivity index (χ0) is 19.7. The Bertz CT molecular complexity index is 1010. The van der Waals surface area contributed by atoms with E-state index in [-0.39, 0.29) is 16.9 Å². The lowest BCUT2D eigenvalue weighted by atomic mass is 10.0. The summed E-state index contributed by atoms with van der Waals surface area (Å²) < 4.78 is 0.759. The number of nitrogens with one attached hydrogen (secondary N) is 1. The highest BCUT2D eigenvalue weighted by Gasteiger charge is 2.36. The molecule has 0 unspecified atom stereocenters. The molecule has 1 aliphatic heterocycles. The summed E-state index contributed by atoms with van der Waals surface area (Å²) in [5, 5.41) is 13.2. The summed E-state index contributed by atoms with van der Waals surface area (Å²) in [4.78, 5) is 48.4. The first-order valence-corrected chi connectivity index (χ1v) is 8.49. The predicted molar refractivity (Wildman–Crippen MR) is 101 cm³/mol. The summed E-state index contributed by atoms with van der Waals surface area (Å²) in [5.74, 6) is -1.67. The standard InChI is InChI=1S/C18H12BrN3O5/c1-10-2-3-11(9-15(10)22(26)27)8-14-16(23)20-18(25)21(17(14)24)13-6-4-12(19)5-7-13/h2-9H,1H3,(H,20,23,25)/b14-8+. The average molecular weight is 430 g/mol. The molecule has 0 bridgehead atoms. The van der Waals surface area contributed by atoms with E-state index in [4.69, 9.17) is 0 Å². The lowest BCUT2D eigenvalue weighted by Crippen LogP contribution is -2.54. The quantitative estimate of drug-likeness (QED) is 0.348. The van der Waals surface area contributed by atoms with Gasteiger partial charge in [-0.05, 0) is 42.8 Å². The molecule has 1 aliphatic rings. The molecule has 1 N–H and O–H groups in total. The van der Waals surface area contributed by atoms with E-state index in [0.717, 1.165) is 9.37 Å². The smallest absolute Gasteiger partial charge is 0.273 e. The van der Waals surface area contributed by atoms with Crippen molar-refractivity contribution in [2.75, 3.05) is 4.90 Å². The van der Waals surface area contributed by atoms with E-state index in [1.54, 1.807) is 37.3 Å². The Morgan fingerprint density at radius 1 is 1.11 bits per heavy atom. The fourth-order valence-electron chi connectivity index (χ4n) is 2.56. The fraction of sp³-hybridized carbons (Fsp3) is 0.0556. The summed E-state index contributed by atoms with van der Waals surface area (Å²) in [6.07, 6.45) is 1.22. The van der Waals surface area contributed by atoms with Crippen molar-refractivity contribution in [2.24, 2.45) is 0 Å². The highest BCUT2D eigenvalue weighted by molar-refractivity contribution is 9.10. The van der Waals surface area contributed by atoms with E-state index < -0.39 is 22.8 Å². The minimum atomic E-state index is -0.862. The molecule has 0 atom stereocenters. The number of urea groups is 1. The Hall–Kier alpha value is -3.33. The van der Waals surface area contributed by atoms with Gasteiger partial charge in [-0.15, -0.1) is 0 Å². The number of nitro groups is 1. The van der Waals surface area contributed by atoms with Crippen LogP contribution in [0.25, 0.3) is 6.08 Å². The number of nitro benzene ring substituents is 1. The number of halogens is 1. The molecule has 0 spiro atoms. The molecular formula is C18H12BrN3O5. The van der Waals surface area contributed by atoms with Gasteiger partial charge in [-0.25, -0.2) is 9.69 Å². The van der Waals surface area contributed by atoms with Crippen LogP contribution in [0.15, 0.2) is 52.5 Å². The van der Waals surface area contributed by atoms with Crippen LogP contribution in [-0.4, -0.2) is 22.8 Å². The monoisotopic (exact) mass is 429 g/mol. The van der Waals surface area contributed by atoms with E-state index in [1.165, 1.54) is 18.2 Å². The van der Waals surface area contributed by atoms with E-state index in [1.807, 2.05) is 0 Å². The van der Waals surface area contributed by atoms with Gasteiger partial charge in [-0.2, -0.15) is 0 Å². The molecule has 1 saturated heterocycles. The van der Waals surface area contributed by atoms with Crippen molar-refractivity contribution < 1.29 is 19.3 Å². The number of aryl methyl sites for hydroxylation is 1. The number of imide groups is 2. The number of nitrogens with zero attached hydrogens (tertiary/aromatic N) is 2. The zero-order valence-corrected chi connectivity index (χ0v) is 15.5. The number of anilines is 1. The van der Waals surface area contributed by atoms with Gasteiger partial charge in [-0.1, -0.05) is 28.1 Å². The highest BCUT2D eigenvalue weighted by atomic mass is 79.9. The normalized spacial score (nSPS) is 15.9. The molecule has 1 fully saturated rings. The molecular weight excluding hydrogens is 418 g/mol. The molecule has 3 rings (SSSR count). The van der Waals surface area contributed by atoms with Gasteiger partial charge in [-0.3, -0.25) is 25.0 Å². The number of benzene rings is 2. The van der Waals surface area contributed by atoms with Crippen molar-refractivity contribution in [1.29, 1.82) is 0 Å². The molecule has 9 heteroatoms. The van der Waals surface area contributed by atoms with Crippen molar-refractivity contribution in [3.05, 3.63) is 73.8 Å². The molecule has 2 aromatic rings. The van der Waals surface area contributed by atoms with E-state index in [0.29, 0.717) is 11.1 Å². The first kappa shape index (κ1) is 18.5. The van der Waals surface area contributed by atoms with Gasteiger partial charge in [0.05, 0.1) is 10.6 Å². The Kier molecular flexibility index (Phi) is 4.87. The highest BCUT2D eigenvalue weighted by Crippen LogP contribution is 2.25. The van der Waals surface area contributed by atoms with Gasteiger partial charge in [0, 0.05) is 16.1 Å². The number of carbonyl (C=O) groups excluding carboxylic acids is 3. The second-order valence-electron chi connectivity index (χ2n) is 5.74. The van der Waals surface area contributed by atoms with Gasteiger partial charge in [0.1, 0.15) is 5.57 Å². The zero-order valence-electron chi connectivity index (χ0n) is 13.9. The third kappa shape index (κ3) is 3.63. The van der Waals surface area contributed by atoms with Gasteiger partial charge < -0.3 is 0 Å². The van der Waals surface area contributed by atoms with Crippen molar-refractivity contribution in [2.45, 2.75) is 6.92 Å². The van der Waals surface area contributed by atoms with Crippen LogP contribution in [0.3, 0.4) is 0 Å². The number of barbiturate groups is 1. The third-order valence-corrected chi connectivity index (χ3v) is 4.46. The van der Waals surface area contributed by atoms with Crippen molar-refractivity contribution in [3.8, 4) is 0 Å². The lowest BCUT2D eigenvalue weighted by Gasteiger charge is -2.26. The van der Waals surface area contributed by atoms with E-state index in [2.05, 4.69) is 21.2 Å². The summed E-state index contributed by atoms with van der Waals surface area (Å²) >= 11 is 3.27. The van der Waals surface area contributed by atoms with Crippen LogP contribution in [-0.2, 0) is 9.59 Å². The van der Waals surface area contributed by atoms with Gasteiger partial charge in [0.25, 0.3) is 17.5 Å². The third-order valence-electron chi connectivity index (χ3n) is 3.93. The van der Waals surface area contributed by atoms with Gasteiger partial charge in [0.2, 0.25) is 0 Å². The molecule has 2 aromatic carbocycles. The Labute approximate surface area is 161 Å². The molecule has 136 valence electrons. The van der Waals surface area contributed by atoms with Crippen LogP contribution in [0.4, 0.5) is 16.2 Å². The largest absolute Gasteiger partial charge is 0.335 e. The first-order chi connectivity index (χ1) is 12.8. The summed E-state index contributed by atoms with van der Waals surface area (Å²) in [7, 11) is 0. The maximum absolute atomic E-state index is 12.8. The Balaban J connectivity index is 2.03. The molecule has 8 nitrogen and oxygen atoms in total.